The molecule has 6 aliphatic heterocycles. The van der Waals surface area contributed by atoms with E-state index < -0.39 is 6.17 Å². The maximum absolute atomic E-state index is 9.84. The van der Waals surface area contributed by atoms with Crippen molar-refractivity contribution in [2.24, 2.45) is 158 Å². The zero-order valence-corrected chi connectivity index (χ0v) is 92.0. The number of aliphatic hydroxyl groups excluding tert-OH is 5. The van der Waals surface area contributed by atoms with Crippen molar-refractivity contribution >= 4 is 33.4 Å². The maximum atomic E-state index is 9.84. The van der Waals surface area contributed by atoms with E-state index in [1.54, 1.807) is 62.0 Å². The third-order valence-corrected chi connectivity index (χ3v) is 19.9. The van der Waals surface area contributed by atoms with Gasteiger partial charge in [-0.05, 0) is 148 Å². The maximum Gasteiger partial charge on any atom is 1.00 e. The van der Waals surface area contributed by atoms with Gasteiger partial charge in [0.15, 0.2) is 12.5 Å². The topological polar surface area (TPSA) is 343 Å². The summed E-state index contributed by atoms with van der Waals surface area (Å²) in [5.41, 5.74) is 4.78. The second kappa shape index (κ2) is 72.7. The number of hydrogen-bond donors (Lipinski definition) is 12. The van der Waals surface area contributed by atoms with E-state index in [4.69, 9.17) is 31.3 Å². The second-order valence-electron chi connectivity index (χ2n) is 31.2. The molecule has 0 aromatic carbocycles. The molecule has 30 heteroatoms. The van der Waals surface area contributed by atoms with Gasteiger partial charge in [-0.1, -0.05) is 166 Å². The Morgan fingerprint density at radius 3 is 0.731 bits per heavy atom. The molecule has 108 heavy (non-hydrogen) atoms. The normalized spacial score (nSPS) is 24.1. The fraction of sp³-hybridized carbons (Fsp3) is 0.795. The Morgan fingerprint density at radius 2 is 0.565 bits per heavy atom. The van der Waals surface area contributed by atoms with Crippen LogP contribution in [-0.2, 0) is 126 Å². The first-order valence-corrected chi connectivity index (χ1v) is 37.7. The molecule has 9 aliphatic rings. The fourth-order valence-corrected chi connectivity index (χ4v) is 16.3. The number of nitrogens with two attached hydrogens (primary N) is 1. The standard InChI is InChI=1S/3C16H32.C6H11N3O.C6H9N3O.C4H8N2O.2C4H6N2O.C4H4N2O.C2H7NO.B.Na.6Zn.H/c3*1-9(2)13-14(10(3)4)16(12(7)8)15(13)11(5)6;2*10-4-3-7-5-6-8-1-2-9-6;4*7-3-4-5-1-2-6-4;3-1-2-4;;;;;;;;;/h3*9-16H,1-8H3;1-2,5-6,8-10H,3-4H2;1-2,5-6,10H,3-4H2;1-2,4-7H,3H2;1-2,4,7H,3H2;1-6H;1-4H;4H,1-3H2;;;;;;;;;/q;;;;-2;;-2;;-2;;;+1;;;;;;;-1. The summed E-state index contributed by atoms with van der Waals surface area (Å²) >= 11 is 0. The minimum atomic E-state index is -0.444. The predicted octanol–water partition coefficient (Wildman–Crippen LogP) is 10.00. The van der Waals surface area contributed by atoms with Gasteiger partial charge >= 0.3 is 29.6 Å². The van der Waals surface area contributed by atoms with Gasteiger partial charge < -0.3 is 101 Å². The van der Waals surface area contributed by atoms with Crippen LogP contribution in [0.3, 0.4) is 0 Å². The molecule has 0 amide bonds. The van der Waals surface area contributed by atoms with Gasteiger partial charge in [-0.3, -0.25) is 14.8 Å². The molecule has 3 radical (unpaired) electrons. The number of nitrogens with one attached hydrogen (secondary N) is 6. The number of rotatable bonds is 23. The van der Waals surface area contributed by atoms with Crippen LogP contribution in [0.2, 0.25) is 0 Å². The molecule has 599 valence electrons. The summed E-state index contributed by atoms with van der Waals surface area (Å²) in [4.78, 5) is 27.4. The molecule has 0 aromatic heterocycles. The Morgan fingerprint density at radius 1 is 0.343 bits per heavy atom. The molecule has 3 saturated carbocycles. The van der Waals surface area contributed by atoms with Gasteiger partial charge in [-0.15, -0.1) is 6.17 Å². The van der Waals surface area contributed by atoms with E-state index in [0.717, 1.165) is 148 Å². The number of carbonyl (C=O) groups excluding carboxylic acids is 2. The molecule has 22 nitrogen and oxygen atoms in total. The van der Waals surface area contributed by atoms with Crippen LogP contribution in [-0.4, -0.2) is 149 Å². The average Bonchev–Trinajstić information content (AvgIpc) is 1.06. The van der Waals surface area contributed by atoms with E-state index in [-0.39, 0.29) is 220 Å². The third-order valence-electron chi connectivity index (χ3n) is 19.9. The van der Waals surface area contributed by atoms with Crippen LogP contribution < -0.4 is 67.2 Å². The molecule has 3 aliphatic carbocycles. The van der Waals surface area contributed by atoms with Crippen LogP contribution in [0.5, 0.6) is 0 Å². The monoisotopic (exact) mass is 1820 g/mol. The Kier molecular flexibility index (Phi) is 84.5. The fourth-order valence-electron chi connectivity index (χ4n) is 16.3. The van der Waals surface area contributed by atoms with Gasteiger partial charge in [0.05, 0.1) is 45.8 Å². The first-order chi connectivity index (χ1) is 47.4. The van der Waals surface area contributed by atoms with Crippen molar-refractivity contribution in [2.45, 2.75) is 203 Å². The van der Waals surface area contributed by atoms with Crippen molar-refractivity contribution in [2.75, 3.05) is 52.7 Å². The molecule has 3 fully saturated rings. The Hall–Kier alpha value is -0.715. The van der Waals surface area contributed by atoms with E-state index in [1.807, 2.05) is 12.4 Å². The van der Waals surface area contributed by atoms with Gasteiger partial charge in [0.25, 0.3) is 0 Å². The smallest absolute Gasteiger partial charge is 1.00 e. The van der Waals surface area contributed by atoms with Crippen LogP contribution in [0.4, 0.5) is 0 Å². The Labute approximate surface area is 760 Å². The van der Waals surface area contributed by atoms with Crippen molar-refractivity contribution < 1.29 is 183 Å². The summed E-state index contributed by atoms with van der Waals surface area (Å²) in [7, 11) is 0. The summed E-state index contributed by atoms with van der Waals surface area (Å²) in [5, 5.41) is 81.1. The number of nitrogens with zero attached hydrogens (tertiary/aromatic N) is 8. The van der Waals surface area contributed by atoms with Gasteiger partial charge in [0.1, 0.15) is 12.3 Å². The Balaban J connectivity index is -0.000000126. The van der Waals surface area contributed by atoms with Crippen LogP contribution in [0.25, 0.3) is 31.9 Å². The molecule has 9 rings (SSSR count). The van der Waals surface area contributed by atoms with Gasteiger partial charge in [0.2, 0.25) is 0 Å². The molecular weight excluding hydrogens is 1690 g/mol. The van der Waals surface area contributed by atoms with Gasteiger partial charge in [-0.25, -0.2) is 37.2 Å². The number of aldehydes is 2. The van der Waals surface area contributed by atoms with Crippen molar-refractivity contribution in [3.8, 4) is 0 Å². The second-order valence-corrected chi connectivity index (χ2v) is 31.2. The molecule has 6 heterocycles. The summed E-state index contributed by atoms with van der Waals surface area (Å²) < 4.78 is 0. The van der Waals surface area contributed by atoms with Gasteiger partial charge in [0, 0.05) is 182 Å². The van der Waals surface area contributed by atoms with E-state index in [2.05, 4.69) is 240 Å². The summed E-state index contributed by atoms with van der Waals surface area (Å²) in [6.45, 7) is 59.9. The zero-order chi connectivity index (χ0) is 76.2. The van der Waals surface area contributed by atoms with E-state index in [1.165, 1.54) is 12.4 Å². The van der Waals surface area contributed by atoms with E-state index in [9.17, 15) is 9.59 Å². The number of aliphatic imine (C=N–C) groups is 2. The number of aliphatic hydroxyl groups is 5. The van der Waals surface area contributed by atoms with E-state index >= 15 is 0 Å². The summed E-state index contributed by atoms with van der Waals surface area (Å²) in [5.74, 6) is 21.9. The molecular formula is C78H148BN15NaO7Zn6-6. The van der Waals surface area contributed by atoms with Crippen molar-refractivity contribution in [1.29, 1.82) is 0 Å². The van der Waals surface area contributed by atoms with Crippen LogP contribution in [0, 0.1) is 142 Å². The summed E-state index contributed by atoms with van der Waals surface area (Å²) in [6.07, 6.45) is 24.0. The summed E-state index contributed by atoms with van der Waals surface area (Å²) in [6, 6.07) is 0. The third kappa shape index (κ3) is 46.9. The SMILES string of the molecule is CC(C)C1C(C(C)C)C(C(C)C)C1C(C)C.CC(C)C1C(C(C)C)C(C(C)C)C1C(C)C.CC(C)C1C(C(C)C)C(C(C)C)C1C(C)C.NCCO.O=CC1NC=CN1.O=CC1[N-]C=C[N-]1.OCC1NC=CN1.OCC1[N-]C=C[N-]1.OCCN=CC1NC=CN1.OCCN=CC1[N-]C=C[N-]1.[B].[H-].[Na+].[Zn].[Zn].[Zn].[Zn].[Zn].[Zn]. The zero-order valence-electron chi connectivity index (χ0n) is 73.2. The largest absolute Gasteiger partial charge is 1.00 e. The molecule has 13 N–H and O–H groups in total. The average molecular weight is 1830 g/mol. The first-order valence-electron chi connectivity index (χ1n) is 37.7. The van der Waals surface area contributed by atoms with Crippen molar-refractivity contribution in [1.82, 2.24) is 31.9 Å². The molecule has 0 atom stereocenters. The molecule has 0 bridgehead atoms. The predicted molar refractivity (Wildman–Crippen MR) is 427 cm³/mol. The van der Waals surface area contributed by atoms with Crippen LogP contribution >= 0.6 is 0 Å². The number of carbonyl (C=O) groups is 2. The molecule has 0 spiro atoms. The quantitative estimate of drug-likeness (QED) is 0.0257. The van der Waals surface area contributed by atoms with Crippen molar-refractivity contribution in [3.63, 3.8) is 0 Å². The van der Waals surface area contributed by atoms with Crippen LogP contribution in [0.15, 0.2) is 84.4 Å². The van der Waals surface area contributed by atoms with Crippen molar-refractivity contribution in [3.05, 3.63) is 106 Å². The number of hydrogen-bond acceptors (Lipinski definition) is 16. The van der Waals surface area contributed by atoms with Crippen LogP contribution in [0.1, 0.15) is 168 Å². The molecule has 0 unspecified atom stereocenters. The molecule has 0 saturated heterocycles. The molecule has 0 aromatic rings. The minimum absolute atomic E-state index is 0. The van der Waals surface area contributed by atoms with Gasteiger partial charge in [-0.2, -0.15) is 12.3 Å². The first kappa shape index (κ1) is 125. The minimum Gasteiger partial charge on any atom is -1.00 e. The van der Waals surface area contributed by atoms with E-state index in [0.29, 0.717) is 25.9 Å². The Bertz CT molecular complexity index is 1950.